The van der Waals surface area contributed by atoms with Crippen molar-refractivity contribution in [2.24, 2.45) is 0 Å². The molecule has 0 unspecified atom stereocenters. The molecule has 0 N–H and O–H groups in total. The zero-order valence-electron chi connectivity index (χ0n) is 6.96. The fourth-order valence-electron chi connectivity index (χ4n) is 1.08. The summed E-state index contributed by atoms with van der Waals surface area (Å²) in [6, 6.07) is 0. The second kappa shape index (κ2) is 5.57. The largest absolute Gasteiger partial charge is 1.00 e. The van der Waals surface area contributed by atoms with Crippen LogP contribution in [0.4, 0.5) is 0 Å². The molecular formula is C8H11Cl2Zr. The van der Waals surface area contributed by atoms with Gasteiger partial charge in [-0.3, -0.25) is 0 Å². The Morgan fingerprint density at radius 3 is 1.55 bits per heavy atom. The average molecular weight is 269 g/mol. The summed E-state index contributed by atoms with van der Waals surface area (Å²) in [6.07, 6.45) is 1.25. The van der Waals surface area contributed by atoms with E-state index in [4.69, 9.17) is 0 Å². The summed E-state index contributed by atoms with van der Waals surface area (Å²) in [5.74, 6) is 0. The zero-order valence-corrected chi connectivity index (χ0v) is 10.9. The van der Waals surface area contributed by atoms with E-state index in [-0.39, 0.29) is 24.8 Å². The zero-order chi connectivity index (χ0) is 7.02. The van der Waals surface area contributed by atoms with Gasteiger partial charge in [0.05, 0.1) is 0 Å². The van der Waals surface area contributed by atoms with Crippen molar-refractivity contribution < 1.29 is 49.5 Å². The van der Waals surface area contributed by atoms with Crippen LogP contribution in [0.25, 0.3) is 0 Å². The molecule has 0 aliphatic heterocycles. The maximum Gasteiger partial charge on any atom is -1.00 e. The molecule has 0 aromatic carbocycles. The van der Waals surface area contributed by atoms with Crippen LogP contribution >= 0.6 is 0 Å². The molecule has 0 atom stereocenters. The molecule has 1 aliphatic carbocycles. The second-order valence-corrected chi connectivity index (χ2v) is 4.17. The number of hydrogen-bond donors (Lipinski definition) is 0. The quantitative estimate of drug-likeness (QED) is 0.429. The Morgan fingerprint density at radius 2 is 1.45 bits per heavy atom. The van der Waals surface area contributed by atoms with Gasteiger partial charge in [-0.15, -0.1) is 0 Å². The second-order valence-electron chi connectivity index (χ2n) is 2.69. The average Bonchev–Trinajstić information content (AvgIpc) is 1.98. The number of allylic oxidation sites excluding steroid dienone is 4. The molecular weight excluding hydrogens is 258 g/mol. The SMILES string of the molecule is CC1=C(C)C(C)=[C]([Zr+2])C1.[Cl-].[Cl-]. The minimum Gasteiger partial charge on any atom is -1.00 e. The summed E-state index contributed by atoms with van der Waals surface area (Å²) >= 11 is 1.59. The van der Waals surface area contributed by atoms with E-state index >= 15 is 0 Å². The van der Waals surface area contributed by atoms with Crippen LogP contribution in [0.2, 0.25) is 0 Å². The van der Waals surface area contributed by atoms with Crippen molar-refractivity contribution in [1.82, 2.24) is 0 Å². The minimum absolute atomic E-state index is 0. The first-order valence-electron chi connectivity index (χ1n) is 3.21. The van der Waals surface area contributed by atoms with E-state index in [2.05, 4.69) is 20.8 Å². The van der Waals surface area contributed by atoms with Gasteiger partial charge >= 0.3 is 71.9 Å². The maximum absolute atomic E-state index is 2.23. The molecule has 0 nitrogen and oxygen atoms in total. The van der Waals surface area contributed by atoms with Gasteiger partial charge in [0.2, 0.25) is 0 Å². The van der Waals surface area contributed by atoms with Crippen molar-refractivity contribution in [3.63, 3.8) is 0 Å². The topological polar surface area (TPSA) is 0 Å². The van der Waals surface area contributed by atoms with E-state index in [1.807, 2.05) is 0 Å². The molecule has 0 fully saturated rings. The van der Waals surface area contributed by atoms with Crippen molar-refractivity contribution in [2.75, 3.05) is 0 Å². The van der Waals surface area contributed by atoms with E-state index in [1.165, 1.54) is 12.0 Å². The van der Waals surface area contributed by atoms with Crippen LogP contribution in [0.5, 0.6) is 0 Å². The molecule has 0 heterocycles. The van der Waals surface area contributed by atoms with Gasteiger partial charge in [-0.05, 0) is 0 Å². The van der Waals surface area contributed by atoms with Crippen LogP contribution in [0, 0.1) is 0 Å². The standard InChI is InChI=1S/C8H11.2ClH.Zr/c1-6-4-5-7(2)8(6)3;;;/h4H2,1-3H3;2*1H;/q;;;+2/p-2. The van der Waals surface area contributed by atoms with Crippen LogP contribution in [-0.2, 0) is 24.7 Å². The summed E-state index contributed by atoms with van der Waals surface area (Å²) in [5.41, 5.74) is 4.65. The Hall–Kier alpha value is 0.943. The number of rotatable bonds is 0. The third kappa shape index (κ3) is 3.05. The number of hydrogen-bond acceptors (Lipinski definition) is 0. The van der Waals surface area contributed by atoms with Crippen molar-refractivity contribution in [2.45, 2.75) is 27.2 Å². The van der Waals surface area contributed by atoms with Crippen LogP contribution < -0.4 is 24.8 Å². The van der Waals surface area contributed by atoms with Crippen molar-refractivity contribution in [3.05, 3.63) is 20.0 Å². The monoisotopic (exact) mass is 267 g/mol. The van der Waals surface area contributed by atoms with Crippen LogP contribution in [0.3, 0.4) is 0 Å². The van der Waals surface area contributed by atoms with Crippen LogP contribution in [-0.4, -0.2) is 0 Å². The van der Waals surface area contributed by atoms with E-state index in [0.717, 1.165) is 0 Å². The normalized spacial score (nSPS) is 16.5. The molecule has 0 amide bonds. The first-order valence-corrected chi connectivity index (χ1v) is 4.44. The summed E-state index contributed by atoms with van der Waals surface area (Å²) in [5, 5.41) is 0. The molecule has 11 heavy (non-hydrogen) atoms. The molecule has 0 saturated heterocycles. The molecule has 0 aromatic rings. The van der Waals surface area contributed by atoms with Gasteiger partial charge in [0.1, 0.15) is 0 Å². The van der Waals surface area contributed by atoms with Gasteiger partial charge in [-0.1, -0.05) is 0 Å². The molecule has 0 radical (unpaired) electrons. The predicted molar refractivity (Wildman–Crippen MR) is 35.7 cm³/mol. The smallest absolute Gasteiger partial charge is 1.00 e. The van der Waals surface area contributed by atoms with Crippen LogP contribution in [0.15, 0.2) is 20.0 Å². The Balaban J connectivity index is 0. The molecule has 0 saturated carbocycles. The van der Waals surface area contributed by atoms with Crippen molar-refractivity contribution >= 4 is 0 Å². The van der Waals surface area contributed by atoms with Gasteiger partial charge in [0, 0.05) is 0 Å². The van der Waals surface area contributed by atoms with Gasteiger partial charge in [-0.25, -0.2) is 0 Å². The van der Waals surface area contributed by atoms with E-state index in [9.17, 15) is 0 Å². The molecule has 0 aromatic heterocycles. The van der Waals surface area contributed by atoms with Crippen molar-refractivity contribution in [3.8, 4) is 0 Å². The third-order valence-corrected chi connectivity index (χ3v) is 3.45. The summed E-state index contributed by atoms with van der Waals surface area (Å²) in [6.45, 7) is 6.69. The Morgan fingerprint density at radius 1 is 1.00 bits per heavy atom. The Labute approximate surface area is 96.2 Å². The summed E-state index contributed by atoms with van der Waals surface area (Å²) < 4.78 is 1.64. The molecule has 0 bridgehead atoms. The molecule has 3 heteroatoms. The first kappa shape index (κ1) is 14.5. The third-order valence-electron chi connectivity index (χ3n) is 2.10. The summed E-state index contributed by atoms with van der Waals surface area (Å²) in [4.78, 5) is 0. The maximum atomic E-state index is 2.23. The van der Waals surface area contributed by atoms with Crippen LogP contribution in [0.1, 0.15) is 27.2 Å². The number of halogens is 2. The predicted octanol–water partition coefficient (Wildman–Crippen LogP) is -3.44. The van der Waals surface area contributed by atoms with Crippen molar-refractivity contribution in [1.29, 1.82) is 0 Å². The molecule has 61 valence electrons. The molecule has 1 rings (SSSR count). The summed E-state index contributed by atoms with van der Waals surface area (Å²) in [7, 11) is 0. The first-order chi connectivity index (χ1) is 4.13. The molecule has 1 aliphatic rings. The Bertz CT molecular complexity index is 182. The Kier molecular flexibility index (Phi) is 7.32. The van der Waals surface area contributed by atoms with E-state index in [1.54, 1.807) is 39.1 Å². The fraction of sp³-hybridized carbons (Fsp3) is 0.500. The molecule has 0 spiro atoms. The van der Waals surface area contributed by atoms with Gasteiger partial charge < -0.3 is 24.8 Å². The minimum atomic E-state index is 0. The van der Waals surface area contributed by atoms with Gasteiger partial charge in [0.25, 0.3) is 0 Å². The van der Waals surface area contributed by atoms with E-state index in [0.29, 0.717) is 0 Å². The fourth-order valence-corrected chi connectivity index (χ4v) is 2.19. The van der Waals surface area contributed by atoms with Gasteiger partial charge in [0.15, 0.2) is 0 Å². The van der Waals surface area contributed by atoms with E-state index < -0.39 is 0 Å². The van der Waals surface area contributed by atoms with Gasteiger partial charge in [-0.2, -0.15) is 0 Å².